The van der Waals surface area contributed by atoms with Crippen LogP contribution in [0.25, 0.3) is 0 Å². The molecule has 0 bridgehead atoms. The van der Waals surface area contributed by atoms with E-state index in [0.717, 1.165) is 43.5 Å². The number of Topliss-reactive ketones (excluding diaryl/α,β-unsaturated/α-hetero) is 1. The van der Waals surface area contributed by atoms with Crippen molar-refractivity contribution in [2.75, 3.05) is 10.5 Å². The van der Waals surface area contributed by atoms with E-state index in [1.165, 1.54) is 6.20 Å². The lowest BCUT2D eigenvalue weighted by Gasteiger charge is -2.25. The second-order valence-electron chi connectivity index (χ2n) is 8.14. The second kappa shape index (κ2) is 8.93. The molecule has 10 heteroatoms. The third-order valence-electron chi connectivity index (χ3n) is 5.79. The van der Waals surface area contributed by atoms with Gasteiger partial charge in [0.1, 0.15) is 12.0 Å². The zero-order valence-corrected chi connectivity index (χ0v) is 18.5. The number of nitrogens with one attached hydrogen (secondary N) is 4. The molecule has 3 aliphatic rings. The highest BCUT2D eigenvalue weighted by Crippen LogP contribution is 2.32. The van der Waals surface area contributed by atoms with Gasteiger partial charge in [-0.05, 0) is 37.5 Å². The summed E-state index contributed by atoms with van der Waals surface area (Å²) in [6, 6.07) is 2.16. The number of carbonyl (C=O) groups is 1. The smallest absolute Gasteiger partial charge is 0.232 e. The standard InChI is InChI=1S/C22H26F2N4O3S/c1-2-11-32(30,31)28-17-8-7-15(23)19(20(17)24)21(29)14-12-26-22-18(14)16(9-10-25-22)27-13-5-3-4-6-13/h7-10,12-13,22,25-28H,2-6,11H2,1H3. The molecule has 0 radical (unpaired) electrons. The average Bonchev–Trinajstić information content (AvgIpc) is 3.40. The van der Waals surface area contributed by atoms with Crippen molar-refractivity contribution >= 4 is 21.5 Å². The fourth-order valence-corrected chi connectivity index (χ4v) is 5.43. The van der Waals surface area contributed by atoms with Crippen molar-refractivity contribution in [3.05, 3.63) is 64.6 Å². The second-order valence-corrected chi connectivity index (χ2v) is 9.99. The van der Waals surface area contributed by atoms with Crippen molar-refractivity contribution in [1.29, 1.82) is 0 Å². The van der Waals surface area contributed by atoms with Gasteiger partial charge < -0.3 is 16.0 Å². The Balaban J connectivity index is 1.68. The highest BCUT2D eigenvalue weighted by atomic mass is 32.2. The Hall–Kier alpha value is -2.88. The van der Waals surface area contributed by atoms with E-state index in [0.29, 0.717) is 12.0 Å². The lowest BCUT2D eigenvalue weighted by atomic mass is 9.93. The maximum atomic E-state index is 15.2. The van der Waals surface area contributed by atoms with Crippen molar-refractivity contribution in [1.82, 2.24) is 16.0 Å². The van der Waals surface area contributed by atoms with Gasteiger partial charge in [-0.3, -0.25) is 9.52 Å². The minimum Gasteiger partial charge on any atom is -0.382 e. The van der Waals surface area contributed by atoms with E-state index < -0.39 is 44.9 Å². The number of hydrogen-bond donors (Lipinski definition) is 4. The van der Waals surface area contributed by atoms with E-state index in [9.17, 15) is 17.6 Å². The fraction of sp³-hybridized carbons (Fsp3) is 0.409. The first-order valence-corrected chi connectivity index (χ1v) is 12.4. The predicted octanol–water partition coefficient (Wildman–Crippen LogP) is 3.02. The molecule has 32 heavy (non-hydrogen) atoms. The lowest BCUT2D eigenvalue weighted by Crippen LogP contribution is -2.40. The van der Waals surface area contributed by atoms with Crippen LogP contribution in [-0.2, 0) is 10.0 Å². The lowest BCUT2D eigenvalue weighted by molar-refractivity contribution is 0.102. The van der Waals surface area contributed by atoms with Gasteiger partial charge in [0.15, 0.2) is 5.82 Å². The average molecular weight is 465 g/mol. The van der Waals surface area contributed by atoms with Crippen LogP contribution in [0, 0.1) is 11.6 Å². The van der Waals surface area contributed by atoms with Gasteiger partial charge in [0.05, 0.1) is 17.0 Å². The van der Waals surface area contributed by atoms with Crippen LogP contribution in [-0.4, -0.2) is 32.2 Å². The number of hydrogen-bond acceptors (Lipinski definition) is 6. The topological polar surface area (TPSA) is 99.3 Å². The van der Waals surface area contributed by atoms with E-state index in [1.807, 2.05) is 0 Å². The van der Waals surface area contributed by atoms with Crippen molar-refractivity contribution in [2.45, 2.75) is 51.2 Å². The SMILES string of the molecule is CCCS(=O)(=O)Nc1ccc(F)c(C(=O)C2=CNC3NC=CC(NC4CCCC4)=C23)c1F. The summed E-state index contributed by atoms with van der Waals surface area (Å²) in [5.41, 5.74) is 0.189. The minimum atomic E-state index is -3.81. The summed E-state index contributed by atoms with van der Waals surface area (Å²) in [5.74, 6) is -3.36. The van der Waals surface area contributed by atoms with E-state index in [1.54, 1.807) is 19.2 Å². The third-order valence-corrected chi connectivity index (χ3v) is 7.27. The van der Waals surface area contributed by atoms with Crippen LogP contribution in [0.5, 0.6) is 0 Å². The number of ketones is 1. The molecule has 0 saturated heterocycles. The Morgan fingerprint density at radius 1 is 1.19 bits per heavy atom. The molecule has 7 nitrogen and oxygen atoms in total. The molecular weight excluding hydrogens is 438 g/mol. The molecule has 0 aromatic heterocycles. The summed E-state index contributed by atoms with van der Waals surface area (Å²) in [6.07, 6.45) is 9.22. The Labute approximate surface area is 186 Å². The third kappa shape index (κ3) is 4.36. The number of halogens is 2. The molecule has 172 valence electrons. The maximum absolute atomic E-state index is 15.2. The van der Waals surface area contributed by atoms with Gasteiger partial charge in [0.25, 0.3) is 0 Å². The van der Waals surface area contributed by atoms with E-state index in [2.05, 4.69) is 20.7 Å². The molecule has 0 spiro atoms. The maximum Gasteiger partial charge on any atom is 0.232 e. The Kier molecular flexibility index (Phi) is 6.23. The summed E-state index contributed by atoms with van der Waals surface area (Å²) in [6.45, 7) is 1.67. The number of sulfonamides is 1. The highest BCUT2D eigenvalue weighted by molar-refractivity contribution is 7.92. The van der Waals surface area contributed by atoms with E-state index in [4.69, 9.17) is 0 Å². The molecular formula is C22H26F2N4O3S. The summed E-state index contributed by atoms with van der Waals surface area (Å²) >= 11 is 0. The predicted molar refractivity (Wildman–Crippen MR) is 118 cm³/mol. The molecule has 1 fully saturated rings. The summed E-state index contributed by atoms with van der Waals surface area (Å²) in [5, 5.41) is 9.56. The van der Waals surface area contributed by atoms with Crippen molar-refractivity contribution < 1.29 is 22.0 Å². The van der Waals surface area contributed by atoms with Gasteiger partial charge in [-0.25, -0.2) is 17.2 Å². The van der Waals surface area contributed by atoms with Gasteiger partial charge in [-0.1, -0.05) is 19.8 Å². The van der Waals surface area contributed by atoms with Crippen molar-refractivity contribution in [2.24, 2.45) is 0 Å². The number of dihydropyridines is 1. The molecule has 2 aliphatic heterocycles. The van der Waals surface area contributed by atoms with E-state index >= 15 is 4.39 Å². The monoisotopic (exact) mass is 464 g/mol. The fourth-order valence-electron chi connectivity index (χ4n) is 4.30. The first-order chi connectivity index (χ1) is 15.3. The number of benzene rings is 1. The van der Waals surface area contributed by atoms with Crippen LogP contribution in [0.3, 0.4) is 0 Å². The largest absolute Gasteiger partial charge is 0.382 e. The molecule has 1 aromatic rings. The first-order valence-electron chi connectivity index (χ1n) is 10.7. The molecule has 4 rings (SSSR count). The highest BCUT2D eigenvalue weighted by Gasteiger charge is 2.35. The Bertz CT molecular complexity index is 1120. The summed E-state index contributed by atoms with van der Waals surface area (Å²) < 4.78 is 56.0. The summed E-state index contributed by atoms with van der Waals surface area (Å²) in [4.78, 5) is 13.3. The molecule has 1 aromatic carbocycles. The van der Waals surface area contributed by atoms with Crippen molar-refractivity contribution in [3.8, 4) is 0 Å². The van der Waals surface area contributed by atoms with E-state index in [-0.39, 0.29) is 17.4 Å². The first kappa shape index (κ1) is 22.3. The number of rotatable bonds is 8. The van der Waals surface area contributed by atoms with Gasteiger partial charge in [-0.15, -0.1) is 0 Å². The van der Waals surface area contributed by atoms with Gasteiger partial charge in [0.2, 0.25) is 15.8 Å². The molecule has 4 N–H and O–H groups in total. The Morgan fingerprint density at radius 3 is 2.66 bits per heavy atom. The van der Waals surface area contributed by atoms with Crippen LogP contribution in [0.15, 0.2) is 47.5 Å². The summed E-state index contributed by atoms with van der Waals surface area (Å²) in [7, 11) is -3.81. The van der Waals surface area contributed by atoms with Crippen LogP contribution in [0.1, 0.15) is 49.4 Å². The van der Waals surface area contributed by atoms with Crippen LogP contribution < -0.4 is 20.7 Å². The van der Waals surface area contributed by atoms with Gasteiger partial charge in [0, 0.05) is 35.3 Å². The number of fused-ring (bicyclic) bond motifs is 1. The Morgan fingerprint density at radius 2 is 1.94 bits per heavy atom. The minimum absolute atomic E-state index is 0.124. The number of allylic oxidation sites excluding steroid dienone is 1. The number of anilines is 1. The molecule has 1 unspecified atom stereocenters. The zero-order valence-electron chi connectivity index (χ0n) is 17.7. The molecule has 1 aliphatic carbocycles. The normalized spacial score (nSPS) is 20.5. The van der Waals surface area contributed by atoms with Crippen molar-refractivity contribution in [3.63, 3.8) is 0 Å². The molecule has 1 saturated carbocycles. The van der Waals surface area contributed by atoms with Crippen LogP contribution >= 0.6 is 0 Å². The van der Waals surface area contributed by atoms with Crippen LogP contribution in [0.4, 0.5) is 14.5 Å². The molecule has 2 heterocycles. The quantitative estimate of drug-likeness (QED) is 0.442. The molecule has 0 amide bonds. The van der Waals surface area contributed by atoms with Gasteiger partial charge >= 0.3 is 0 Å². The zero-order chi connectivity index (χ0) is 22.9. The van der Waals surface area contributed by atoms with Crippen LogP contribution in [0.2, 0.25) is 0 Å². The molecule has 1 atom stereocenters. The number of carbonyl (C=O) groups excluding carboxylic acids is 1. The van der Waals surface area contributed by atoms with Gasteiger partial charge in [-0.2, -0.15) is 0 Å².